The van der Waals surface area contributed by atoms with Crippen LogP contribution in [-0.4, -0.2) is 12.5 Å². The fraction of sp³-hybridized carbons (Fsp3) is 0.188. The van der Waals surface area contributed by atoms with E-state index in [1.54, 1.807) is 0 Å². The van der Waals surface area contributed by atoms with E-state index in [2.05, 4.69) is 5.32 Å². The third kappa shape index (κ3) is 4.76. The lowest BCUT2D eigenvalue weighted by molar-refractivity contribution is -0.116. The summed E-state index contributed by atoms with van der Waals surface area (Å²) in [5.41, 5.74) is 1.21. The van der Waals surface area contributed by atoms with Gasteiger partial charge in [0, 0.05) is 5.02 Å². The maximum absolute atomic E-state index is 13.5. The van der Waals surface area contributed by atoms with Crippen molar-refractivity contribution in [2.45, 2.75) is 13.3 Å². The van der Waals surface area contributed by atoms with E-state index < -0.39 is 5.82 Å². The Labute approximate surface area is 127 Å². The van der Waals surface area contributed by atoms with Crippen molar-refractivity contribution < 1.29 is 13.9 Å². The van der Waals surface area contributed by atoms with Crippen LogP contribution >= 0.6 is 11.6 Å². The van der Waals surface area contributed by atoms with E-state index in [-0.39, 0.29) is 24.6 Å². The number of hydrogen-bond acceptors (Lipinski definition) is 2. The van der Waals surface area contributed by atoms with Crippen LogP contribution in [0.5, 0.6) is 5.75 Å². The summed E-state index contributed by atoms with van der Waals surface area (Å²) in [6.07, 6.45) is 0.125. The summed E-state index contributed by atoms with van der Waals surface area (Å²) in [4.78, 5) is 11.7. The quantitative estimate of drug-likeness (QED) is 0.899. The molecule has 2 rings (SSSR count). The zero-order valence-corrected chi connectivity index (χ0v) is 12.3. The Morgan fingerprint density at radius 1 is 1.24 bits per heavy atom. The van der Waals surface area contributed by atoms with Gasteiger partial charge in [0.25, 0.3) is 0 Å². The van der Waals surface area contributed by atoms with Crippen molar-refractivity contribution in [3.63, 3.8) is 0 Å². The molecule has 0 aliphatic heterocycles. The number of halogens is 2. The minimum atomic E-state index is -0.521. The van der Waals surface area contributed by atoms with E-state index in [4.69, 9.17) is 16.3 Å². The molecule has 0 aliphatic carbocycles. The molecule has 3 nitrogen and oxygen atoms in total. The predicted octanol–water partition coefficient (Wildman–Crippen LogP) is 4.20. The first-order valence-corrected chi connectivity index (χ1v) is 6.87. The monoisotopic (exact) mass is 307 g/mol. The first kappa shape index (κ1) is 15.3. The Morgan fingerprint density at radius 3 is 2.67 bits per heavy atom. The minimum absolute atomic E-state index is 0.0721. The molecule has 110 valence electrons. The number of aryl methyl sites for hydroxylation is 1. The van der Waals surface area contributed by atoms with Gasteiger partial charge in [-0.1, -0.05) is 29.3 Å². The van der Waals surface area contributed by atoms with Gasteiger partial charge < -0.3 is 10.1 Å². The van der Waals surface area contributed by atoms with E-state index in [9.17, 15) is 9.18 Å². The standard InChI is InChI=1S/C16H15ClFNO2/c1-11-2-5-13(6-3-11)21-9-8-16(20)19-15-10-12(17)4-7-14(15)18/h2-7,10H,8-9H2,1H3,(H,19,20). The highest BCUT2D eigenvalue weighted by atomic mass is 35.5. The molecule has 0 aromatic heterocycles. The molecule has 0 saturated heterocycles. The number of amides is 1. The third-order valence-electron chi connectivity index (χ3n) is 2.82. The van der Waals surface area contributed by atoms with Crippen LogP contribution in [0.3, 0.4) is 0 Å². The van der Waals surface area contributed by atoms with Crippen LogP contribution in [0.15, 0.2) is 42.5 Å². The van der Waals surface area contributed by atoms with Crippen LogP contribution < -0.4 is 10.1 Å². The number of hydrogen-bond donors (Lipinski definition) is 1. The molecule has 2 aromatic rings. The molecule has 0 radical (unpaired) electrons. The maximum atomic E-state index is 13.5. The Morgan fingerprint density at radius 2 is 1.95 bits per heavy atom. The zero-order chi connectivity index (χ0) is 15.2. The zero-order valence-electron chi connectivity index (χ0n) is 11.5. The fourth-order valence-electron chi connectivity index (χ4n) is 1.70. The lowest BCUT2D eigenvalue weighted by Gasteiger charge is -2.08. The molecule has 1 N–H and O–H groups in total. The smallest absolute Gasteiger partial charge is 0.227 e. The summed E-state index contributed by atoms with van der Waals surface area (Å²) < 4.78 is 18.9. The molecule has 2 aromatic carbocycles. The Bertz CT molecular complexity index is 629. The molecule has 0 aliphatic rings. The van der Waals surface area contributed by atoms with Crippen LogP contribution in [0.1, 0.15) is 12.0 Å². The Kier molecular flexibility index (Phi) is 5.17. The van der Waals surface area contributed by atoms with Crippen molar-refractivity contribution in [1.29, 1.82) is 0 Å². The topological polar surface area (TPSA) is 38.3 Å². The molecular formula is C16H15ClFNO2. The molecule has 21 heavy (non-hydrogen) atoms. The molecule has 0 bridgehead atoms. The van der Waals surface area contributed by atoms with Gasteiger partial charge in [-0.05, 0) is 37.3 Å². The summed E-state index contributed by atoms with van der Waals surface area (Å²) in [6.45, 7) is 2.20. The van der Waals surface area contributed by atoms with Crippen molar-refractivity contribution in [1.82, 2.24) is 0 Å². The normalized spacial score (nSPS) is 10.2. The van der Waals surface area contributed by atoms with Crippen molar-refractivity contribution in [2.75, 3.05) is 11.9 Å². The molecule has 0 spiro atoms. The maximum Gasteiger partial charge on any atom is 0.227 e. The van der Waals surface area contributed by atoms with Gasteiger partial charge in [0.15, 0.2) is 0 Å². The number of rotatable bonds is 5. The lowest BCUT2D eigenvalue weighted by atomic mass is 10.2. The van der Waals surface area contributed by atoms with E-state index in [1.807, 2.05) is 31.2 Å². The Balaban J connectivity index is 1.82. The van der Waals surface area contributed by atoms with E-state index in [0.717, 1.165) is 5.56 Å². The number of carbonyl (C=O) groups is 1. The van der Waals surface area contributed by atoms with Crippen LogP contribution in [-0.2, 0) is 4.79 Å². The molecule has 0 saturated carbocycles. The van der Waals surface area contributed by atoms with Crippen molar-refractivity contribution in [2.24, 2.45) is 0 Å². The number of anilines is 1. The first-order chi connectivity index (χ1) is 10.0. The largest absolute Gasteiger partial charge is 0.493 e. The van der Waals surface area contributed by atoms with E-state index in [1.165, 1.54) is 18.2 Å². The average molecular weight is 308 g/mol. The molecule has 1 amide bonds. The molecule has 0 heterocycles. The van der Waals surface area contributed by atoms with Gasteiger partial charge in [-0.2, -0.15) is 0 Å². The summed E-state index contributed by atoms with van der Waals surface area (Å²) in [5, 5.41) is 2.83. The van der Waals surface area contributed by atoms with Gasteiger partial charge in [0.2, 0.25) is 5.91 Å². The second kappa shape index (κ2) is 7.09. The summed E-state index contributed by atoms with van der Waals surface area (Å²) in [7, 11) is 0. The minimum Gasteiger partial charge on any atom is -0.493 e. The van der Waals surface area contributed by atoms with Gasteiger partial charge >= 0.3 is 0 Å². The fourth-order valence-corrected chi connectivity index (χ4v) is 1.87. The predicted molar refractivity (Wildman–Crippen MR) is 81.3 cm³/mol. The van der Waals surface area contributed by atoms with Crippen LogP contribution in [0.4, 0.5) is 10.1 Å². The van der Waals surface area contributed by atoms with Crippen molar-refractivity contribution in [3.8, 4) is 5.75 Å². The van der Waals surface area contributed by atoms with Crippen LogP contribution in [0.2, 0.25) is 5.02 Å². The van der Waals surface area contributed by atoms with Crippen molar-refractivity contribution in [3.05, 3.63) is 58.9 Å². The summed E-state index contributed by atoms with van der Waals surface area (Å²) in [5.74, 6) is -0.155. The highest BCUT2D eigenvalue weighted by Gasteiger charge is 2.08. The number of benzene rings is 2. The molecule has 0 atom stereocenters. The Hall–Kier alpha value is -2.07. The van der Waals surface area contributed by atoms with Gasteiger partial charge in [-0.15, -0.1) is 0 Å². The highest BCUT2D eigenvalue weighted by Crippen LogP contribution is 2.19. The van der Waals surface area contributed by atoms with E-state index >= 15 is 0 Å². The van der Waals surface area contributed by atoms with Gasteiger partial charge in [0.05, 0.1) is 18.7 Å². The number of nitrogens with one attached hydrogen (secondary N) is 1. The summed E-state index contributed by atoms with van der Waals surface area (Å²) in [6, 6.07) is 11.5. The van der Waals surface area contributed by atoms with Crippen molar-refractivity contribution >= 4 is 23.2 Å². The van der Waals surface area contributed by atoms with Gasteiger partial charge in [0.1, 0.15) is 11.6 Å². The lowest BCUT2D eigenvalue weighted by Crippen LogP contribution is -2.16. The summed E-state index contributed by atoms with van der Waals surface area (Å²) >= 11 is 5.75. The van der Waals surface area contributed by atoms with Gasteiger partial charge in [-0.25, -0.2) is 4.39 Å². The number of ether oxygens (including phenoxy) is 1. The molecule has 0 fully saturated rings. The second-order valence-corrected chi connectivity index (χ2v) is 5.02. The van der Waals surface area contributed by atoms with Crippen LogP contribution in [0, 0.1) is 12.7 Å². The third-order valence-corrected chi connectivity index (χ3v) is 3.06. The average Bonchev–Trinajstić information content (AvgIpc) is 2.45. The molecular weight excluding hydrogens is 293 g/mol. The SMILES string of the molecule is Cc1ccc(OCCC(=O)Nc2cc(Cl)ccc2F)cc1. The highest BCUT2D eigenvalue weighted by molar-refractivity contribution is 6.30. The van der Waals surface area contributed by atoms with Crippen LogP contribution in [0.25, 0.3) is 0 Å². The number of carbonyl (C=O) groups excluding carboxylic acids is 1. The van der Waals surface area contributed by atoms with Gasteiger partial charge in [-0.3, -0.25) is 4.79 Å². The second-order valence-electron chi connectivity index (χ2n) is 4.58. The molecule has 0 unspecified atom stereocenters. The first-order valence-electron chi connectivity index (χ1n) is 6.49. The van der Waals surface area contributed by atoms with E-state index in [0.29, 0.717) is 10.8 Å². The molecule has 5 heteroatoms.